The first-order chi connectivity index (χ1) is 13.2. The Labute approximate surface area is 161 Å². The molecule has 1 aliphatic carbocycles. The number of amides is 1. The molecule has 0 unspecified atom stereocenters. The Morgan fingerprint density at radius 2 is 2.00 bits per heavy atom. The SMILES string of the molecule is Cc1ccc(-c2cncnc2[C@H]2CCCN(C(=O)[C@H]3CC=CCC3)C2)cc1. The number of rotatable bonds is 3. The highest BCUT2D eigenvalue weighted by molar-refractivity contribution is 5.79. The third kappa shape index (κ3) is 3.95. The highest BCUT2D eigenvalue weighted by Crippen LogP contribution is 2.33. The molecule has 1 amide bonds. The number of benzene rings is 1. The van der Waals surface area contributed by atoms with Crippen molar-refractivity contribution in [2.24, 2.45) is 5.92 Å². The third-order valence-electron chi connectivity index (χ3n) is 5.84. The lowest BCUT2D eigenvalue weighted by molar-refractivity contribution is -0.137. The van der Waals surface area contributed by atoms with Crippen LogP contribution in [-0.4, -0.2) is 33.9 Å². The minimum absolute atomic E-state index is 0.163. The van der Waals surface area contributed by atoms with Crippen LogP contribution in [0.2, 0.25) is 0 Å². The minimum Gasteiger partial charge on any atom is -0.342 e. The molecule has 1 aromatic carbocycles. The normalized spacial score (nSPS) is 22.6. The summed E-state index contributed by atoms with van der Waals surface area (Å²) in [6.07, 6.45) is 12.9. The Balaban J connectivity index is 1.56. The molecule has 0 bridgehead atoms. The van der Waals surface area contributed by atoms with Crippen LogP contribution in [0.4, 0.5) is 0 Å². The Bertz CT molecular complexity index is 828. The molecule has 0 N–H and O–H groups in total. The predicted octanol–water partition coefficient (Wildman–Crippen LogP) is 4.51. The zero-order valence-corrected chi connectivity index (χ0v) is 16.0. The van der Waals surface area contributed by atoms with Crippen LogP contribution in [0, 0.1) is 12.8 Å². The molecule has 1 fully saturated rings. The predicted molar refractivity (Wildman–Crippen MR) is 107 cm³/mol. The summed E-state index contributed by atoms with van der Waals surface area (Å²) in [5, 5.41) is 0. The monoisotopic (exact) mass is 361 g/mol. The van der Waals surface area contributed by atoms with Crippen LogP contribution in [0.15, 0.2) is 48.9 Å². The lowest BCUT2D eigenvalue weighted by Crippen LogP contribution is -2.42. The summed E-state index contributed by atoms with van der Waals surface area (Å²) < 4.78 is 0. The number of hydrogen-bond acceptors (Lipinski definition) is 3. The topological polar surface area (TPSA) is 46.1 Å². The number of carbonyl (C=O) groups excluding carboxylic acids is 1. The first-order valence-electron chi connectivity index (χ1n) is 10.0. The average molecular weight is 361 g/mol. The van der Waals surface area contributed by atoms with E-state index in [1.165, 1.54) is 5.56 Å². The first kappa shape index (κ1) is 17.9. The molecule has 0 spiro atoms. The molecule has 2 aromatic rings. The molecule has 27 heavy (non-hydrogen) atoms. The number of aryl methyl sites for hydroxylation is 1. The second-order valence-electron chi connectivity index (χ2n) is 7.79. The van der Waals surface area contributed by atoms with E-state index in [1.54, 1.807) is 6.33 Å². The van der Waals surface area contributed by atoms with E-state index in [0.29, 0.717) is 5.91 Å². The summed E-state index contributed by atoms with van der Waals surface area (Å²) in [7, 11) is 0. The number of nitrogens with zero attached hydrogens (tertiary/aromatic N) is 3. The summed E-state index contributed by atoms with van der Waals surface area (Å²) in [6.45, 7) is 3.74. The Hall–Kier alpha value is -2.49. The van der Waals surface area contributed by atoms with Gasteiger partial charge in [-0.25, -0.2) is 9.97 Å². The van der Waals surface area contributed by atoms with Gasteiger partial charge in [-0.1, -0.05) is 42.0 Å². The molecule has 0 saturated carbocycles. The van der Waals surface area contributed by atoms with Gasteiger partial charge in [0.05, 0.1) is 5.69 Å². The summed E-state index contributed by atoms with van der Waals surface area (Å²) in [6, 6.07) is 8.52. The van der Waals surface area contributed by atoms with E-state index in [9.17, 15) is 4.79 Å². The fourth-order valence-corrected chi connectivity index (χ4v) is 4.30. The number of allylic oxidation sites excluding steroid dienone is 2. The molecule has 2 heterocycles. The summed E-state index contributed by atoms with van der Waals surface area (Å²) in [4.78, 5) is 24.0. The van der Waals surface area contributed by atoms with E-state index >= 15 is 0 Å². The molecule has 2 aliphatic rings. The Kier molecular flexibility index (Phi) is 5.33. The van der Waals surface area contributed by atoms with Gasteiger partial charge in [0.2, 0.25) is 5.91 Å². The quantitative estimate of drug-likeness (QED) is 0.756. The van der Waals surface area contributed by atoms with E-state index in [0.717, 1.165) is 62.0 Å². The maximum atomic E-state index is 13.0. The second-order valence-corrected chi connectivity index (χ2v) is 7.79. The highest BCUT2D eigenvalue weighted by Gasteiger charge is 2.31. The summed E-state index contributed by atoms with van der Waals surface area (Å²) in [5.41, 5.74) is 4.57. The van der Waals surface area contributed by atoms with Crippen molar-refractivity contribution in [1.29, 1.82) is 0 Å². The summed E-state index contributed by atoms with van der Waals surface area (Å²) >= 11 is 0. The molecule has 4 nitrogen and oxygen atoms in total. The van der Waals surface area contributed by atoms with Gasteiger partial charge in [-0.05, 0) is 44.6 Å². The van der Waals surface area contributed by atoms with Crippen LogP contribution in [-0.2, 0) is 4.79 Å². The van der Waals surface area contributed by atoms with Crippen molar-refractivity contribution in [2.75, 3.05) is 13.1 Å². The molecule has 1 saturated heterocycles. The van der Waals surface area contributed by atoms with Crippen molar-refractivity contribution in [3.05, 3.63) is 60.2 Å². The Morgan fingerprint density at radius 1 is 1.15 bits per heavy atom. The lowest BCUT2D eigenvalue weighted by Gasteiger charge is -2.35. The molecule has 4 heteroatoms. The van der Waals surface area contributed by atoms with Crippen molar-refractivity contribution in [3.8, 4) is 11.1 Å². The number of aromatic nitrogens is 2. The molecular formula is C23H27N3O. The smallest absolute Gasteiger partial charge is 0.226 e. The van der Waals surface area contributed by atoms with Gasteiger partial charge >= 0.3 is 0 Å². The lowest BCUT2D eigenvalue weighted by atomic mass is 9.88. The first-order valence-corrected chi connectivity index (χ1v) is 10.0. The average Bonchev–Trinajstić information content (AvgIpc) is 2.74. The van der Waals surface area contributed by atoms with E-state index < -0.39 is 0 Å². The maximum absolute atomic E-state index is 13.0. The third-order valence-corrected chi connectivity index (χ3v) is 5.84. The van der Waals surface area contributed by atoms with Gasteiger partial charge < -0.3 is 4.90 Å². The van der Waals surface area contributed by atoms with Crippen molar-refractivity contribution in [2.45, 2.75) is 44.9 Å². The van der Waals surface area contributed by atoms with Gasteiger partial charge in [0.15, 0.2) is 0 Å². The van der Waals surface area contributed by atoms with E-state index in [-0.39, 0.29) is 11.8 Å². The van der Waals surface area contributed by atoms with Crippen molar-refractivity contribution in [1.82, 2.24) is 14.9 Å². The van der Waals surface area contributed by atoms with Gasteiger partial charge in [0.25, 0.3) is 0 Å². The summed E-state index contributed by atoms with van der Waals surface area (Å²) in [5.74, 6) is 0.770. The molecular weight excluding hydrogens is 334 g/mol. The van der Waals surface area contributed by atoms with Gasteiger partial charge in [-0.15, -0.1) is 0 Å². The maximum Gasteiger partial charge on any atom is 0.226 e. The largest absolute Gasteiger partial charge is 0.342 e. The minimum atomic E-state index is 0.163. The van der Waals surface area contributed by atoms with Crippen LogP contribution in [0.25, 0.3) is 11.1 Å². The number of hydrogen-bond donors (Lipinski definition) is 0. The van der Waals surface area contributed by atoms with Crippen LogP contribution in [0.1, 0.15) is 49.3 Å². The molecule has 4 rings (SSSR count). The standard InChI is InChI=1S/C23H27N3O/c1-17-9-11-18(12-10-17)21-14-24-16-25-22(21)20-8-5-13-26(15-20)23(27)19-6-3-2-4-7-19/h2-3,9-12,14,16,19-20H,4-8,13,15H2,1H3/t19-,20-/m0/s1. The fourth-order valence-electron chi connectivity index (χ4n) is 4.30. The van der Waals surface area contributed by atoms with Crippen LogP contribution < -0.4 is 0 Å². The number of carbonyl (C=O) groups is 1. The zero-order valence-electron chi connectivity index (χ0n) is 16.0. The molecule has 2 atom stereocenters. The number of piperidine rings is 1. The second kappa shape index (κ2) is 8.03. The van der Waals surface area contributed by atoms with Crippen molar-refractivity contribution >= 4 is 5.91 Å². The van der Waals surface area contributed by atoms with E-state index in [1.807, 2.05) is 6.20 Å². The van der Waals surface area contributed by atoms with E-state index in [4.69, 9.17) is 0 Å². The number of likely N-dealkylation sites (tertiary alicyclic amines) is 1. The molecule has 0 radical (unpaired) electrons. The van der Waals surface area contributed by atoms with Crippen molar-refractivity contribution in [3.63, 3.8) is 0 Å². The van der Waals surface area contributed by atoms with Crippen molar-refractivity contribution < 1.29 is 4.79 Å². The van der Waals surface area contributed by atoms with Crippen LogP contribution in [0.3, 0.4) is 0 Å². The Morgan fingerprint density at radius 3 is 2.78 bits per heavy atom. The van der Waals surface area contributed by atoms with Crippen LogP contribution in [0.5, 0.6) is 0 Å². The van der Waals surface area contributed by atoms with Crippen LogP contribution >= 0.6 is 0 Å². The molecule has 1 aliphatic heterocycles. The van der Waals surface area contributed by atoms with Gasteiger partial charge in [0.1, 0.15) is 6.33 Å². The zero-order chi connectivity index (χ0) is 18.6. The van der Waals surface area contributed by atoms with Gasteiger partial charge in [-0.3, -0.25) is 4.79 Å². The molecule has 1 aromatic heterocycles. The van der Waals surface area contributed by atoms with Gasteiger partial charge in [-0.2, -0.15) is 0 Å². The fraction of sp³-hybridized carbons (Fsp3) is 0.435. The highest BCUT2D eigenvalue weighted by atomic mass is 16.2. The molecule has 140 valence electrons. The van der Waals surface area contributed by atoms with Gasteiger partial charge in [0, 0.05) is 36.7 Å². The van der Waals surface area contributed by atoms with E-state index in [2.05, 4.69) is 58.2 Å².